The molecule has 0 heterocycles. The van der Waals surface area contributed by atoms with E-state index in [0.717, 1.165) is 16.8 Å². The van der Waals surface area contributed by atoms with Crippen LogP contribution in [0.3, 0.4) is 0 Å². The fourth-order valence-electron chi connectivity index (χ4n) is 2.10. The highest BCUT2D eigenvalue weighted by Gasteiger charge is 2.09. The first kappa shape index (κ1) is 14.3. The van der Waals surface area contributed by atoms with Crippen LogP contribution in [0.5, 0.6) is 0 Å². The number of rotatable bonds is 5. The highest BCUT2D eigenvalue weighted by molar-refractivity contribution is 5.90. The summed E-state index contributed by atoms with van der Waals surface area (Å²) in [5.74, 6) is 0.00183. The van der Waals surface area contributed by atoms with E-state index in [1.54, 1.807) is 0 Å². The van der Waals surface area contributed by atoms with Gasteiger partial charge in [-0.2, -0.15) is 0 Å². The molecule has 0 fully saturated rings. The number of hydrogen-bond donors (Lipinski definition) is 2. The van der Waals surface area contributed by atoms with Crippen LogP contribution in [0, 0.1) is 6.92 Å². The minimum absolute atomic E-state index is 0.00183. The molecule has 3 heteroatoms. The molecule has 0 saturated heterocycles. The van der Waals surface area contributed by atoms with Crippen molar-refractivity contribution >= 4 is 11.6 Å². The first-order valence-electron chi connectivity index (χ1n) is 6.82. The van der Waals surface area contributed by atoms with Crippen LogP contribution >= 0.6 is 0 Å². The highest BCUT2D eigenvalue weighted by Crippen LogP contribution is 2.16. The van der Waals surface area contributed by atoms with E-state index in [9.17, 15) is 4.79 Å². The van der Waals surface area contributed by atoms with Gasteiger partial charge in [0.15, 0.2) is 0 Å². The molecule has 0 aliphatic rings. The molecule has 0 aromatic heterocycles. The number of anilines is 1. The Morgan fingerprint density at radius 1 is 1.15 bits per heavy atom. The van der Waals surface area contributed by atoms with Gasteiger partial charge in [0.05, 0.1) is 0 Å². The lowest BCUT2D eigenvalue weighted by atomic mass is 10.0. The Labute approximate surface area is 119 Å². The van der Waals surface area contributed by atoms with Gasteiger partial charge < -0.3 is 11.1 Å². The Kier molecular flexibility index (Phi) is 4.91. The zero-order valence-corrected chi connectivity index (χ0v) is 11.7. The van der Waals surface area contributed by atoms with Crippen molar-refractivity contribution in [1.82, 2.24) is 0 Å². The molecule has 3 N–H and O–H groups in total. The minimum Gasteiger partial charge on any atom is -0.326 e. The zero-order chi connectivity index (χ0) is 14.4. The normalized spacial score (nSPS) is 11.9. The second-order valence-electron chi connectivity index (χ2n) is 4.97. The van der Waals surface area contributed by atoms with E-state index >= 15 is 0 Å². The molecular formula is C17H20N2O. The number of carbonyl (C=O) groups is 1. The molecule has 2 aromatic carbocycles. The van der Waals surface area contributed by atoms with Crippen molar-refractivity contribution < 1.29 is 4.79 Å². The number of aryl methyl sites for hydroxylation is 1. The maximum Gasteiger partial charge on any atom is 0.224 e. The van der Waals surface area contributed by atoms with Crippen LogP contribution in [0.1, 0.15) is 30.0 Å². The van der Waals surface area contributed by atoms with Gasteiger partial charge in [-0.15, -0.1) is 0 Å². The van der Waals surface area contributed by atoms with Gasteiger partial charge in [-0.25, -0.2) is 0 Å². The maximum absolute atomic E-state index is 11.9. The number of nitrogens with one attached hydrogen (secondary N) is 1. The molecule has 0 aliphatic carbocycles. The van der Waals surface area contributed by atoms with Crippen molar-refractivity contribution in [2.75, 3.05) is 5.32 Å². The molecule has 104 valence electrons. The fourth-order valence-corrected chi connectivity index (χ4v) is 2.10. The van der Waals surface area contributed by atoms with Crippen LogP contribution in [-0.2, 0) is 4.79 Å². The largest absolute Gasteiger partial charge is 0.326 e. The summed E-state index contributed by atoms with van der Waals surface area (Å²) in [6.45, 7) is 2.00. The summed E-state index contributed by atoms with van der Waals surface area (Å²) in [5.41, 5.74) is 9.11. The molecular weight excluding hydrogens is 248 g/mol. The smallest absolute Gasteiger partial charge is 0.224 e. The average molecular weight is 268 g/mol. The molecule has 1 unspecified atom stereocenters. The molecule has 0 bridgehead atoms. The van der Waals surface area contributed by atoms with Crippen molar-refractivity contribution in [3.63, 3.8) is 0 Å². The van der Waals surface area contributed by atoms with Gasteiger partial charge in [0.2, 0.25) is 5.91 Å². The molecule has 20 heavy (non-hydrogen) atoms. The molecule has 2 aromatic rings. The van der Waals surface area contributed by atoms with Crippen molar-refractivity contribution in [2.45, 2.75) is 25.8 Å². The lowest BCUT2D eigenvalue weighted by Gasteiger charge is -2.12. The second kappa shape index (κ2) is 6.87. The predicted octanol–water partition coefficient (Wildman–Crippen LogP) is 3.41. The zero-order valence-electron chi connectivity index (χ0n) is 11.7. The lowest BCUT2D eigenvalue weighted by molar-refractivity contribution is -0.116. The fraction of sp³-hybridized carbons (Fsp3) is 0.235. The Bertz CT molecular complexity index is 566. The molecule has 2 rings (SSSR count). The number of nitrogens with two attached hydrogens (primary N) is 1. The SMILES string of the molecule is Cc1cccc(NC(=O)CCC(N)c2ccccc2)c1. The van der Waals surface area contributed by atoms with Gasteiger partial charge in [-0.1, -0.05) is 42.5 Å². The van der Waals surface area contributed by atoms with E-state index in [4.69, 9.17) is 5.73 Å². The van der Waals surface area contributed by atoms with Gasteiger partial charge in [-0.3, -0.25) is 4.79 Å². The standard InChI is InChI=1S/C17H20N2O/c1-13-6-5-9-15(12-13)19-17(20)11-10-16(18)14-7-3-2-4-8-14/h2-9,12,16H,10-11,18H2,1H3,(H,19,20). The number of benzene rings is 2. The average Bonchev–Trinajstić information content (AvgIpc) is 2.46. The number of amides is 1. The first-order chi connectivity index (χ1) is 9.65. The van der Waals surface area contributed by atoms with Gasteiger partial charge in [0.25, 0.3) is 0 Å². The van der Waals surface area contributed by atoms with E-state index in [2.05, 4.69) is 5.32 Å². The van der Waals surface area contributed by atoms with E-state index in [0.29, 0.717) is 12.8 Å². The summed E-state index contributed by atoms with van der Waals surface area (Å²) in [6, 6.07) is 17.5. The Morgan fingerprint density at radius 2 is 1.90 bits per heavy atom. The number of carbonyl (C=O) groups excluding carboxylic acids is 1. The summed E-state index contributed by atoms with van der Waals surface area (Å²) in [5, 5.41) is 2.90. The lowest BCUT2D eigenvalue weighted by Crippen LogP contribution is -2.16. The molecule has 1 atom stereocenters. The molecule has 0 radical (unpaired) electrons. The van der Waals surface area contributed by atoms with E-state index in [-0.39, 0.29) is 11.9 Å². The van der Waals surface area contributed by atoms with Gasteiger partial charge in [0.1, 0.15) is 0 Å². The highest BCUT2D eigenvalue weighted by atomic mass is 16.1. The predicted molar refractivity (Wildman–Crippen MR) is 82.4 cm³/mol. The van der Waals surface area contributed by atoms with E-state index in [1.807, 2.05) is 61.5 Å². The Hall–Kier alpha value is -2.13. The second-order valence-corrected chi connectivity index (χ2v) is 4.97. The van der Waals surface area contributed by atoms with Crippen LogP contribution < -0.4 is 11.1 Å². The van der Waals surface area contributed by atoms with Crippen molar-refractivity contribution in [3.05, 3.63) is 65.7 Å². The minimum atomic E-state index is -0.0977. The maximum atomic E-state index is 11.9. The van der Waals surface area contributed by atoms with Crippen LogP contribution in [0.4, 0.5) is 5.69 Å². The van der Waals surface area contributed by atoms with Crippen molar-refractivity contribution in [2.24, 2.45) is 5.73 Å². The topological polar surface area (TPSA) is 55.1 Å². The number of hydrogen-bond acceptors (Lipinski definition) is 2. The third-order valence-electron chi connectivity index (χ3n) is 3.21. The molecule has 3 nitrogen and oxygen atoms in total. The quantitative estimate of drug-likeness (QED) is 0.873. The Balaban J connectivity index is 1.83. The van der Waals surface area contributed by atoms with Gasteiger partial charge in [-0.05, 0) is 36.6 Å². The monoisotopic (exact) mass is 268 g/mol. The summed E-state index contributed by atoms with van der Waals surface area (Å²) in [6.07, 6.45) is 1.06. The summed E-state index contributed by atoms with van der Waals surface area (Å²) in [4.78, 5) is 11.9. The van der Waals surface area contributed by atoms with E-state index in [1.165, 1.54) is 0 Å². The molecule has 0 aliphatic heterocycles. The van der Waals surface area contributed by atoms with Crippen LogP contribution in [0.15, 0.2) is 54.6 Å². The summed E-state index contributed by atoms with van der Waals surface area (Å²) in [7, 11) is 0. The van der Waals surface area contributed by atoms with Crippen LogP contribution in [0.25, 0.3) is 0 Å². The van der Waals surface area contributed by atoms with E-state index < -0.39 is 0 Å². The van der Waals surface area contributed by atoms with Crippen molar-refractivity contribution in [1.29, 1.82) is 0 Å². The Morgan fingerprint density at radius 3 is 2.60 bits per heavy atom. The summed E-state index contributed by atoms with van der Waals surface area (Å²) < 4.78 is 0. The van der Waals surface area contributed by atoms with Crippen LogP contribution in [-0.4, -0.2) is 5.91 Å². The first-order valence-corrected chi connectivity index (χ1v) is 6.82. The third kappa shape index (κ3) is 4.21. The molecule has 1 amide bonds. The van der Waals surface area contributed by atoms with Gasteiger partial charge >= 0.3 is 0 Å². The summed E-state index contributed by atoms with van der Waals surface area (Å²) >= 11 is 0. The molecule has 0 spiro atoms. The van der Waals surface area contributed by atoms with Gasteiger partial charge in [0, 0.05) is 18.2 Å². The third-order valence-corrected chi connectivity index (χ3v) is 3.21. The van der Waals surface area contributed by atoms with Crippen LogP contribution in [0.2, 0.25) is 0 Å². The van der Waals surface area contributed by atoms with Crippen molar-refractivity contribution in [3.8, 4) is 0 Å². The molecule has 0 saturated carbocycles.